The molecule has 2 fully saturated rings. The molecule has 1 aliphatic carbocycles. The first-order valence-electron chi connectivity index (χ1n) is 11.6. The Morgan fingerprint density at radius 3 is 2.61 bits per heavy atom. The average Bonchev–Trinajstić information content (AvgIpc) is 3.18. The number of rotatable bonds is 4. The molecule has 0 aromatic carbocycles. The Hall–Kier alpha value is -1.97. The molecule has 4 heterocycles. The number of amides is 2. The van der Waals surface area contributed by atoms with E-state index < -0.39 is 0 Å². The molecule has 3 aliphatic rings. The average molecular weight is 445 g/mol. The standard InChI is InChI=1S/C22H32N6O2S/c1-2-23-22(29)28-9-7-27(8-10-28)20-19-16-5-3-4-6-17(16)31-21(19)25-18(24-20)15-26-11-13-30-14-12-26/h2-15H2,1H3,(H,23,29). The van der Waals surface area contributed by atoms with E-state index in [0.717, 1.165) is 81.9 Å². The summed E-state index contributed by atoms with van der Waals surface area (Å²) in [5.74, 6) is 2.00. The second-order valence-electron chi connectivity index (χ2n) is 8.55. The predicted molar refractivity (Wildman–Crippen MR) is 123 cm³/mol. The van der Waals surface area contributed by atoms with Crippen LogP contribution in [-0.4, -0.2) is 84.8 Å². The smallest absolute Gasteiger partial charge is 0.317 e. The Bertz CT molecular complexity index is 934. The van der Waals surface area contributed by atoms with Crippen LogP contribution in [0.5, 0.6) is 0 Å². The summed E-state index contributed by atoms with van der Waals surface area (Å²) in [4.78, 5) is 31.7. The molecule has 2 aromatic heterocycles. The van der Waals surface area contributed by atoms with Gasteiger partial charge in [-0.15, -0.1) is 11.3 Å². The van der Waals surface area contributed by atoms with Gasteiger partial charge >= 0.3 is 6.03 Å². The van der Waals surface area contributed by atoms with Gasteiger partial charge in [-0.05, 0) is 38.2 Å². The Kier molecular flexibility index (Phi) is 6.24. The van der Waals surface area contributed by atoms with Crippen LogP contribution in [-0.2, 0) is 24.1 Å². The number of morpholine rings is 1. The summed E-state index contributed by atoms with van der Waals surface area (Å²) in [6.45, 7) is 9.90. The molecule has 2 amide bonds. The number of carbonyl (C=O) groups excluding carboxylic acids is 1. The van der Waals surface area contributed by atoms with Crippen molar-refractivity contribution in [3.05, 3.63) is 16.3 Å². The molecule has 0 bridgehead atoms. The minimum atomic E-state index is 0.0379. The van der Waals surface area contributed by atoms with Crippen molar-refractivity contribution in [2.75, 3.05) is 63.9 Å². The molecule has 0 atom stereocenters. The Labute approximate surface area is 187 Å². The normalized spacial score (nSPS) is 20.2. The number of thiophene rings is 1. The lowest BCUT2D eigenvalue weighted by Gasteiger charge is -2.36. The van der Waals surface area contributed by atoms with Crippen molar-refractivity contribution in [1.29, 1.82) is 0 Å². The van der Waals surface area contributed by atoms with E-state index in [1.807, 2.05) is 23.2 Å². The highest BCUT2D eigenvalue weighted by atomic mass is 32.1. The Balaban J connectivity index is 1.45. The lowest BCUT2D eigenvalue weighted by molar-refractivity contribution is 0.0331. The second kappa shape index (κ2) is 9.26. The number of nitrogens with one attached hydrogen (secondary N) is 1. The Morgan fingerprint density at radius 2 is 1.84 bits per heavy atom. The van der Waals surface area contributed by atoms with Gasteiger partial charge in [0, 0.05) is 50.7 Å². The van der Waals surface area contributed by atoms with Crippen molar-refractivity contribution in [2.45, 2.75) is 39.2 Å². The first kappa shape index (κ1) is 20.9. The number of anilines is 1. The van der Waals surface area contributed by atoms with Crippen molar-refractivity contribution < 1.29 is 9.53 Å². The molecule has 2 aliphatic heterocycles. The molecule has 9 heteroatoms. The fourth-order valence-electron chi connectivity index (χ4n) is 4.82. The number of urea groups is 1. The summed E-state index contributed by atoms with van der Waals surface area (Å²) in [6, 6.07) is 0.0379. The first-order chi connectivity index (χ1) is 15.2. The molecule has 2 saturated heterocycles. The van der Waals surface area contributed by atoms with E-state index in [9.17, 15) is 4.79 Å². The highest BCUT2D eigenvalue weighted by molar-refractivity contribution is 7.19. The zero-order valence-electron chi connectivity index (χ0n) is 18.4. The zero-order valence-corrected chi connectivity index (χ0v) is 19.2. The number of nitrogens with zero attached hydrogens (tertiary/aromatic N) is 5. The number of aryl methyl sites for hydroxylation is 2. The van der Waals surface area contributed by atoms with Crippen molar-refractivity contribution in [2.24, 2.45) is 0 Å². The molecule has 0 saturated carbocycles. The summed E-state index contributed by atoms with van der Waals surface area (Å²) >= 11 is 1.87. The molecular formula is C22H32N6O2S. The fraction of sp³-hybridized carbons (Fsp3) is 0.682. The SMILES string of the molecule is CCNC(=O)N1CCN(c2nc(CN3CCOCC3)nc3sc4c(c23)CCCC4)CC1. The van der Waals surface area contributed by atoms with Gasteiger partial charge in [0.25, 0.3) is 0 Å². The molecular weight excluding hydrogens is 412 g/mol. The number of aromatic nitrogens is 2. The van der Waals surface area contributed by atoms with Gasteiger partial charge < -0.3 is 19.9 Å². The van der Waals surface area contributed by atoms with E-state index in [-0.39, 0.29) is 6.03 Å². The number of ether oxygens (including phenoxy) is 1. The van der Waals surface area contributed by atoms with E-state index in [1.54, 1.807) is 0 Å². The minimum absolute atomic E-state index is 0.0379. The molecule has 168 valence electrons. The van der Waals surface area contributed by atoms with Crippen LogP contribution in [0.1, 0.15) is 36.0 Å². The maximum absolute atomic E-state index is 12.2. The number of hydrogen-bond donors (Lipinski definition) is 1. The topological polar surface area (TPSA) is 73.8 Å². The molecule has 31 heavy (non-hydrogen) atoms. The van der Waals surface area contributed by atoms with Crippen LogP contribution in [0.2, 0.25) is 0 Å². The van der Waals surface area contributed by atoms with Crippen molar-refractivity contribution in [1.82, 2.24) is 25.1 Å². The van der Waals surface area contributed by atoms with Crippen molar-refractivity contribution >= 4 is 33.4 Å². The quantitative estimate of drug-likeness (QED) is 0.780. The van der Waals surface area contributed by atoms with Crippen LogP contribution in [0.3, 0.4) is 0 Å². The fourth-order valence-corrected chi connectivity index (χ4v) is 6.10. The highest BCUT2D eigenvalue weighted by Crippen LogP contribution is 2.40. The third kappa shape index (κ3) is 4.36. The van der Waals surface area contributed by atoms with E-state index >= 15 is 0 Å². The van der Waals surface area contributed by atoms with Crippen LogP contribution < -0.4 is 10.2 Å². The van der Waals surface area contributed by atoms with E-state index in [1.165, 1.54) is 35.1 Å². The largest absolute Gasteiger partial charge is 0.379 e. The molecule has 1 N–H and O–H groups in total. The lowest BCUT2D eigenvalue weighted by Crippen LogP contribution is -2.52. The highest BCUT2D eigenvalue weighted by Gasteiger charge is 2.27. The number of fused-ring (bicyclic) bond motifs is 3. The monoisotopic (exact) mass is 444 g/mol. The number of carbonyl (C=O) groups is 1. The van der Waals surface area contributed by atoms with Crippen LogP contribution in [0.15, 0.2) is 0 Å². The second-order valence-corrected chi connectivity index (χ2v) is 9.64. The molecule has 8 nitrogen and oxygen atoms in total. The van der Waals surface area contributed by atoms with Crippen LogP contribution in [0.25, 0.3) is 10.2 Å². The molecule has 2 aromatic rings. The van der Waals surface area contributed by atoms with Crippen LogP contribution in [0, 0.1) is 0 Å². The van der Waals surface area contributed by atoms with Crippen molar-refractivity contribution in [3.8, 4) is 0 Å². The number of piperazine rings is 1. The van der Waals surface area contributed by atoms with E-state index in [0.29, 0.717) is 6.54 Å². The molecule has 0 radical (unpaired) electrons. The molecule has 0 spiro atoms. The Morgan fingerprint density at radius 1 is 1.06 bits per heavy atom. The molecule has 0 unspecified atom stereocenters. The summed E-state index contributed by atoms with van der Waals surface area (Å²) in [6.07, 6.45) is 4.82. The minimum Gasteiger partial charge on any atom is -0.379 e. The van der Waals surface area contributed by atoms with Crippen molar-refractivity contribution in [3.63, 3.8) is 0 Å². The third-order valence-corrected chi connectivity index (χ3v) is 7.69. The van der Waals surface area contributed by atoms with Gasteiger partial charge in [-0.25, -0.2) is 14.8 Å². The third-order valence-electron chi connectivity index (χ3n) is 6.51. The van der Waals surface area contributed by atoms with Gasteiger partial charge in [-0.2, -0.15) is 0 Å². The van der Waals surface area contributed by atoms with E-state index in [4.69, 9.17) is 14.7 Å². The van der Waals surface area contributed by atoms with Gasteiger partial charge in [0.15, 0.2) is 0 Å². The summed E-state index contributed by atoms with van der Waals surface area (Å²) in [5.41, 5.74) is 1.48. The van der Waals surface area contributed by atoms with Gasteiger partial charge in [0.05, 0.1) is 25.1 Å². The van der Waals surface area contributed by atoms with Gasteiger partial charge in [0.2, 0.25) is 0 Å². The van der Waals surface area contributed by atoms with Crippen LogP contribution in [0.4, 0.5) is 10.6 Å². The number of hydrogen-bond acceptors (Lipinski definition) is 7. The predicted octanol–water partition coefficient (Wildman–Crippen LogP) is 2.25. The maximum atomic E-state index is 12.2. The first-order valence-corrected chi connectivity index (χ1v) is 12.4. The summed E-state index contributed by atoms with van der Waals surface area (Å²) < 4.78 is 5.50. The van der Waals surface area contributed by atoms with E-state index in [2.05, 4.69) is 15.1 Å². The maximum Gasteiger partial charge on any atom is 0.317 e. The zero-order chi connectivity index (χ0) is 21.2. The lowest BCUT2D eigenvalue weighted by atomic mass is 9.97. The van der Waals surface area contributed by atoms with Crippen LogP contribution >= 0.6 is 11.3 Å². The van der Waals surface area contributed by atoms with Gasteiger partial charge in [-0.3, -0.25) is 4.90 Å². The van der Waals surface area contributed by atoms with Gasteiger partial charge in [0.1, 0.15) is 16.5 Å². The molecule has 5 rings (SSSR count). The van der Waals surface area contributed by atoms with Gasteiger partial charge in [-0.1, -0.05) is 0 Å². The summed E-state index contributed by atoms with van der Waals surface area (Å²) in [7, 11) is 0. The summed E-state index contributed by atoms with van der Waals surface area (Å²) in [5, 5.41) is 4.19.